The summed E-state index contributed by atoms with van der Waals surface area (Å²) in [5.74, 6) is 0. The summed E-state index contributed by atoms with van der Waals surface area (Å²) in [6.45, 7) is 2.88. The van der Waals surface area contributed by atoms with Crippen LogP contribution in [0.5, 0.6) is 0 Å². The zero-order valence-corrected chi connectivity index (χ0v) is 8.25. The molecule has 1 aliphatic heterocycles. The highest BCUT2D eigenvalue weighted by Crippen LogP contribution is 2.30. The minimum atomic E-state index is 0.497. The normalized spacial score (nSPS) is 20.5. The summed E-state index contributed by atoms with van der Waals surface area (Å²) in [5.41, 5.74) is 9.83. The Balaban J connectivity index is 2.38. The summed E-state index contributed by atoms with van der Waals surface area (Å²) < 4.78 is 0. The summed E-state index contributed by atoms with van der Waals surface area (Å²) in [6, 6.07) is 7.12. The number of hydrogen-bond acceptors (Lipinski definition) is 2. The molecule has 2 nitrogen and oxygen atoms in total. The summed E-state index contributed by atoms with van der Waals surface area (Å²) in [6.07, 6.45) is 1.10. The fourth-order valence-electron chi connectivity index (χ4n) is 2.05. The Kier molecular flexibility index (Phi) is 2.00. The van der Waals surface area contributed by atoms with E-state index in [1.54, 1.807) is 0 Å². The van der Waals surface area contributed by atoms with Crippen LogP contribution in [0.2, 0.25) is 0 Å². The van der Waals surface area contributed by atoms with Crippen molar-refractivity contribution in [3.8, 4) is 0 Å². The lowest BCUT2D eigenvalue weighted by atomic mass is 10.1. The Labute approximate surface area is 79.4 Å². The van der Waals surface area contributed by atoms with Crippen molar-refractivity contribution in [1.82, 2.24) is 0 Å². The van der Waals surface area contributed by atoms with Crippen LogP contribution in [0.1, 0.15) is 11.1 Å². The molecule has 1 unspecified atom stereocenters. The Morgan fingerprint density at radius 3 is 3.00 bits per heavy atom. The van der Waals surface area contributed by atoms with Gasteiger partial charge in [0.1, 0.15) is 0 Å². The molecule has 1 aromatic carbocycles. The first-order chi connectivity index (χ1) is 6.22. The lowest BCUT2D eigenvalue weighted by molar-refractivity contribution is 0.675. The largest absolute Gasteiger partial charge is 0.370 e. The molecule has 0 radical (unpaired) electrons. The van der Waals surface area contributed by atoms with E-state index in [1.165, 1.54) is 16.8 Å². The van der Waals surface area contributed by atoms with E-state index in [9.17, 15) is 0 Å². The van der Waals surface area contributed by atoms with Gasteiger partial charge in [-0.05, 0) is 25.0 Å². The number of fused-ring (bicyclic) bond motifs is 1. The van der Waals surface area contributed by atoms with Crippen molar-refractivity contribution < 1.29 is 0 Å². The minimum absolute atomic E-state index is 0.497. The Morgan fingerprint density at radius 2 is 2.31 bits per heavy atom. The highest BCUT2D eigenvalue weighted by Gasteiger charge is 2.24. The highest BCUT2D eigenvalue weighted by molar-refractivity contribution is 5.59. The lowest BCUT2D eigenvalue weighted by Crippen LogP contribution is -2.34. The lowest BCUT2D eigenvalue weighted by Gasteiger charge is -2.20. The molecule has 1 heterocycles. The molecule has 1 aliphatic rings. The first-order valence-corrected chi connectivity index (χ1v) is 4.75. The predicted octanol–water partition coefficient (Wildman–Crippen LogP) is 1.31. The van der Waals surface area contributed by atoms with Crippen LogP contribution >= 0.6 is 0 Å². The molecule has 1 atom stereocenters. The minimum Gasteiger partial charge on any atom is -0.370 e. The van der Waals surface area contributed by atoms with Crippen LogP contribution in [0.25, 0.3) is 0 Å². The molecule has 2 N–H and O–H groups in total. The van der Waals surface area contributed by atoms with Crippen molar-refractivity contribution in [2.24, 2.45) is 5.73 Å². The van der Waals surface area contributed by atoms with E-state index >= 15 is 0 Å². The molecule has 0 spiro atoms. The van der Waals surface area contributed by atoms with Gasteiger partial charge in [0.05, 0.1) is 0 Å². The number of anilines is 1. The molecule has 0 saturated carbocycles. The molecule has 0 aromatic heterocycles. The van der Waals surface area contributed by atoms with Gasteiger partial charge in [-0.25, -0.2) is 0 Å². The molecule has 70 valence electrons. The third-order valence-electron chi connectivity index (χ3n) is 2.89. The zero-order chi connectivity index (χ0) is 9.42. The second kappa shape index (κ2) is 3.04. The number of nitrogens with two attached hydrogens (primary N) is 1. The third-order valence-corrected chi connectivity index (χ3v) is 2.89. The Hall–Kier alpha value is -1.02. The average molecular weight is 176 g/mol. The van der Waals surface area contributed by atoms with E-state index in [-0.39, 0.29) is 0 Å². The summed E-state index contributed by atoms with van der Waals surface area (Å²) >= 11 is 0. The Bertz CT molecular complexity index is 320. The molecule has 0 fully saturated rings. The zero-order valence-electron chi connectivity index (χ0n) is 8.25. The van der Waals surface area contributed by atoms with Gasteiger partial charge in [-0.2, -0.15) is 0 Å². The van der Waals surface area contributed by atoms with Gasteiger partial charge in [0, 0.05) is 25.3 Å². The molecular weight excluding hydrogens is 160 g/mol. The number of hydrogen-bond donors (Lipinski definition) is 1. The van der Waals surface area contributed by atoms with Gasteiger partial charge in [0.2, 0.25) is 0 Å². The topological polar surface area (TPSA) is 29.3 Å². The Morgan fingerprint density at radius 1 is 1.54 bits per heavy atom. The second-order valence-corrected chi connectivity index (χ2v) is 3.84. The number of benzene rings is 1. The van der Waals surface area contributed by atoms with E-state index in [4.69, 9.17) is 5.73 Å². The second-order valence-electron chi connectivity index (χ2n) is 3.84. The molecule has 0 amide bonds. The number of nitrogens with zero attached hydrogens (tertiary/aromatic N) is 1. The maximum absolute atomic E-state index is 5.70. The standard InChI is InChI=1S/C11H16N2/c1-8-3-4-11-9(5-8)6-10(7-12)13(11)2/h3-5,10H,6-7,12H2,1-2H3. The van der Waals surface area contributed by atoms with Crippen molar-refractivity contribution in [1.29, 1.82) is 0 Å². The predicted molar refractivity (Wildman–Crippen MR) is 56.1 cm³/mol. The van der Waals surface area contributed by atoms with Gasteiger partial charge < -0.3 is 10.6 Å². The number of rotatable bonds is 1. The smallest absolute Gasteiger partial charge is 0.0450 e. The monoisotopic (exact) mass is 176 g/mol. The van der Waals surface area contributed by atoms with Gasteiger partial charge in [-0.3, -0.25) is 0 Å². The van der Waals surface area contributed by atoms with Gasteiger partial charge in [-0.1, -0.05) is 17.7 Å². The average Bonchev–Trinajstić information content (AvgIpc) is 2.42. The van der Waals surface area contributed by atoms with Crippen LogP contribution < -0.4 is 10.6 Å². The van der Waals surface area contributed by atoms with Crippen molar-refractivity contribution in [3.05, 3.63) is 29.3 Å². The molecule has 0 bridgehead atoms. The number of likely N-dealkylation sites (N-methyl/N-ethyl adjacent to an activating group) is 1. The van der Waals surface area contributed by atoms with Crippen LogP contribution in [-0.4, -0.2) is 19.6 Å². The van der Waals surface area contributed by atoms with Crippen LogP contribution in [0, 0.1) is 6.92 Å². The van der Waals surface area contributed by atoms with Gasteiger partial charge in [0.25, 0.3) is 0 Å². The maximum Gasteiger partial charge on any atom is 0.0450 e. The molecule has 0 saturated heterocycles. The van der Waals surface area contributed by atoms with Crippen molar-refractivity contribution in [2.45, 2.75) is 19.4 Å². The van der Waals surface area contributed by atoms with E-state index < -0.39 is 0 Å². The first-order valence-electron chi connectivity index (χ1n) is 4.75. The van der Waals surface area contributed by atoms with Crippen molar-refractivity contribution in [2.75, 3.05) is 18.5 Å². The molecule has 1 aromatic rings. The third kappa shape index (κ3) is 1.31. The van der Waals surface area contributed by atoms with Crippen LogP contribution in [0.4, 0.5) is 5.69 Å². The van der Waals surface area contributed by atoms with Crippen LogP contribution in [-0.2, 0) is 6.42 Å². The molecule has 2 heteroatoms. The summed E-state index contributed by atoms with van der Waals surface area (Å²) in [7, 11) is 2.12. The molecule has 2 rings (SSSR count). The highest BCUT2D eigenvalue weighted by atomic mass is 15.2. The van der Waals surface area contributed by atoms with Crippen molar-refractivity contribution in [3.63, 3.8) is 0 Å². The van der Waals surface area contributed by atoms with Crippen LogP contribution in [0.3, 0.4) is 0 Å². The van der Waals surface area contributed by atoms with Gasteiger partial charge in [0.15, 0.2) is 0 Å². The van der Waals surface area contributed by atoms with E-state index in [1.807, 2.05) is 0 Å². The van der Waals surface area contributed by atoms with Crippen LogP contribution in [0.15, 0.2) is 18.2 Å². The molecular formula is C11H16N2. The fourth-order valence-corrected chi connectivity index (χ4v) is 2.05. The molecule has 0 aliphatic carbocycles. The SMILES string of the molecule is Cc1ccc2c(c1)CC(CN)N2C. The fraction of sp³-hybridized carbons (Fsp3) is 0.455. The van der Waals surface area contributed by atoms with Crippen molar-refractivity contribution >= 4 is 5.69 Å². The summed E-state index contributed by atoms with van der Waals surface area (Å²) in [4.78, 5) is 2.29. The van der Waals surface area contributed by atoms with Gasteiger partial charge in [-0.15, -0.1) is 0 Å². The molecule has 13 heavy (non-hydrogen) atoms. The van der Waals surface area contributed by atoms with E-state index in [0.29, 0.717) is 6.04 Å². The van der Waals surface area contributed by atoms with E-state index in [0.717, 1.165) is 13.0 Å². The first kappa shape index (κ1) is 8.57. The summed E-state index contributed by atoms with van der Waals surface area (Å²) in [5, 5.41) is 0. The van der Waals surface area contributed by atoms with E-state index in [2.05, 4.69) is 37.1 Å². The quantitative estimate of drug-likeness (QED) is 0.699. The number of aryl methyl sites for hydroxylation is 1. The maximum atomic E-state index is 5.70. The van der Waals surface area contributed by atoms with Gasteiger partial charge >= 0.3 is 0 Å².